The van der Waals surface area contributed by atoms with Gasteiger partial charge in [-0.3, -0.25) is 4.79 Å². The molecular weight excluding hydrogens is 318 g/mol. The van der Waals surface area contributed by atoms with E-state index in [0.717, 1.165) is 29.4 Å². The summed E-state index contributed by atoms with van der Waals surface area (Å²) >= 11 is 0. The van der Waals surface area contributed by atoms with Crippen molar-refractivity contribution in [2.45, 2.75) is 25.3 Å². The van der Waals surface area contributed by atoms with Crippen molar-refractivity contribution in [2.75, 3.05) is 19.7 Å². The minimum atomic E-state index is -0.455. The van der Waals surface area contributed by atoms with Gasteiger partial charge in [-0.05, 0) is 42.2 Å². The number of hydrogen-bond acceptors (Lipinski definition) is 3. The van der Waals surface area contributed by atoms with Crippen molar-refractivity contribution in [3.05, 3.63) is 42.5 Å². The van der Waals surface area contributed by atoms with Crippen molar-refractivity contribution in [2.24, 2.45) is 0 Å². The molecule has 0 aromatic heterocycles. The highest BCUT2D eigenvalue weighted by molar-refractivity contribution is 5.87. The summed E-state index contributed by atoms with van der Waals surface area (Å²) in [5.41, 5.74) is 0. The highest BCUT2D eigenvalue weighted by Gasteiger charge is 2.21. The summed E-state index contributed by atoms with van der Waals surface area (Å²) in [6, 6.07) is 13.2. The van der Waals surface area contributed by atoms with Crippen LogP contribution in [-0.2, 0) is 4.79 Å². The maximum atomic E-state index is 11.9. The zero-order valence-electron chi connectivity index (χ0n) is 14.1. The first-order chi connectivity index (χ1) is 12.2. The number of fused-ring (bicyclic) bond motifs is 1. The summed E-state index contributed by atoms with van der Waals surface area (Å²) in [6.07, 6.45) is 2.55. The van der Waals surface area contributed by atoms with Crippen LogP contribution in [0.5, 0.6) is 5.75 Å². The van der Waals surface area contributed by atoms with Gasteiger partial charge in [0.05, 0.1) is 6.54 Å². The summed E-state index contributed by atoms with van der Waals surface area (Å²) < 4.78 is 5.67. The molecule has 1 fully saturated rings. The van der Waals surface area contributed by atoms with Gasteiger partial charge in [0, 0.05) is 6.54 Å². The first-order valence-corrected chi connectivity index (χ1v) is 8.66. The number of urea groups is 1. The Kier molecular flexibility index (Phi) is 5.72. The molecule has 3 rings (SSSR count). The van der Waals surface area contributed by atoms with E-state index in [0.29, 0.717) is 26.1 Å². The van der Waals surface area contributed by atoms with E-state index in [2.05, 4.69) is 22.0 Å². The molecule has 6 nitrogen and oxygen atoms in total. The number of benzene rings is 2. The fourth-order valence-electron chi connectivity index (χ4n) is 2.88. The van der Waals surface area contributed by atoms with Crippen LogP contribution >= 0.6 is 0 Å². The lowest BCUT2D eigenvalue weighted by molar-refractivity contribution is -0.122. The molecule has 0 radical (unpaired) electrons. The Balaban J connectivity index is 1.41. The minimum absolute atomic E-state index is 0.111. The summed E-state index contributed by atoms with van der Waals surface area (Å²) in [7, 11) is 0. The number of rotatable bonds is 5. The van der Waals surface area contributed by atoms with E-state index in [9.17, 15) is 9.59 Å². The highest BCUT2D eigenvalue weighted by Crippen LogP contribution is 2.20. The Morgan fingerprint density at radius 1 is 1.16 bits per heavy atom. The monoisotopic (exact) mass is 341 g/mol. The average Bonchev–Trinajstić information content (AvgIpc) is 2.83. The summed E-state index contributed by atoms with van der Waals surface area (Å²) in [4.78, 5) is 23.7. The van der Waals surface area contributed by atoms with E-state index < -0.39 is 6.04 Å². The lowest BCUT2D eigenvalue weighted by atomic mass is 10.1. The molecule has 2 aromatic rings. The molecule has 1 saturated heterocycles. The summed E-state index contributed by atoms with van der Waals surface area (Å²) in [5.74, 6) is 0.657. The molecule has 0 unspecified atom stereocenters. The molecule has 25 heavy (non-hydrogen) atoms. The van der Waals surface area contributed by atoms with E-state index in [1.807, 2.05) is 36.4 Å². The number of amides is 3. The van der Waals surface area contributed by atoms with Gasteiger partial charge in [-0.1, -0.05) is 30.3 Å². The second-order valence-corrected chi connectivity index (χ2v) is 6.10. The van der Waals surface area contributed by atoms with Crippen LogP contribution in [0.2, 0.25) is 0 Å². The van der Waals surface area contributed by atoms with Gasteiger partial charge in [-0.15, -0.1) is 0 Å². The highest BCUT2D eigenvalue weighted by atomic mass is 16.5. The van der Waals surface area contributed by atoms with E-state index >= 15 is 0 Å². The SMILES string of the molecule is O=C(NCCOc1ccc2ccccc2c1)N[C@H]1CCCCNC1=O. The van der Waals surface area contributed by atoms with Crippen LogP contribution in [0, 0.1) is 0 Å². The second kappa shape index (κ2) is 8.37. The van der Waals surface area contributed by atoms with Gasteiger partial charge in [0.15, 0.2) is 0 Å². The average molecular weight is 341 g/mol. The maximum absolute atomic E-state index is 11.9. The Morgan fingerprint density at radius 2 is 2.00 bits per heavy atom. The number of carbonyl (C=O) groups is 2. The molecule has 132 valence electrons. The van der Waals surface area contributed by atoms with Crippen LogP contribution in [0.15, 0.2) is 42.5 Å². The molecule has 0 bridgehead atoms. The second-order valence-electron chi connectivity index (χ2n) is 6.10. The Hall–Kier alpha value is -2.76. The standard InChI is InChI=1S/C19H23N3O3/c23-18-17(7-3-4-10-20-18)22-19(24)21-11-12-25-16-9-8-14-5-1-2-6-15(14)13-16/h1-2,5-6,8-9,13,17H,3-4,7,10-12H2,(H,20,23)(H2,21,22,24)/t17-/m0/s1. The predicted molar refractivity (Wildman–Crippen MR) is 96.6 cm³/mol. The van der Waals surface area contributed by atoms with Gasteiger partial charge in [0.2, 0.25) is 5.91 Å². The smallest absolute Gasteiger partial charge is 0.315 e. The third-order valence-corrected chi connectivity index (χ3v) is 4.22. The number of hydrogen-bond donors (Lipinski definition) is 3. The van der Waals surface area contributed by atoms with Crippen LogP contribution < -0.4 is 20.7 Å². The zero-order valence-corrected chi connectivity index (χ0v) is 14.1. The molecule has 0 aliphatic carbocycles. The van der Waals surface area contributed by atoms with Crippen molar-refractivity contribution >= 4 is 22.7 Å². The molecule has 0 spiro atoms. The molecule has 2 aromatic carbocycles. The molecule has 1 heterocycles. The first kappa shape index (κ1) is 17.1. The first-order valence-electron chi connectivity index (χ1n) is 8.66. The van der Waals surface area contributed by atoms with Gasteiger partial charge in [0.25, 0.3) is 0 Å². The zero-order chi connectivity index (χ0) is 17.5. The van der Waals surface area contributed by atoms with Crippen molar-refractivity contribution in [1.82, 2.24) is 16.0 Å². The predicted octanol–water partition coefficient (Wildman–Crippen LogP) is 2.19. The van der Waals surface area contributed by atoms with Gasteiger partial charge < -0.3 is 20.7 Å². The van der Waals surface area contributed by atoms with E-state index in [-0.39, 0.29) is 11.9 Å². The molecule has 1 aliphatic rings. The van der Waals surface area contributed by atoms with Crippen molar-refractivity contribution in [1.29, 1.82) is 0 Å². The molecule has 0 saturated carbocycles. The topological polar surface area (TPSA) is 79.5 Å². The van der Waals surface area contributed by atoms with Crippen LogP contribution in [-0.4, -0.2) is 37.7 Å². The van der Waals surface area contributed by atoms with E-state index in [4.69, 9.17) is 4.74 Å². The molecule has 3 N–H and O–H groups in total. The van der Waals surface area contributed by atoms with Crippen molar-refractivity contribution < 1.29 is 14.3 Å². The number of nitrogens with one attached hydrogen (secondary N) is 3. The fraction of sp³-hybridized carbons (Fsp3) is 0.368. The third kappa shape index (κ3) is 4.86. The van der Waals surface area contributed by atoms with E-state index in [1.165, 1.54) is 0 Å². The van der Waals surface area contributed by atoms with Crippen molar-refractivity contribution in [3.63, 3.8) is 0 Å². The lowest BCUT2D eigenvalue weighted by Gasteiger charge is -2.16. The largest absolute Gasteiger partial charge is 0.492 e. The Morgan fingerprint density at radius 3 is 2.88 bits per heavy atom. The summed E-state index contributed by atoms with van der Waals surface area (Å²) in [5, 5.41) is 10.5. The quantitative estimate of drug-likeness (QED) is 0.730. The van der Waals surface area contributed by atoms with Crippen LogP contribution in [0.4, 0.5) is 4.79 Å². The van der Waals surface area contributed by atoms with Gasteiger partial charge in [-0.2, -0.15) is 0 Å². The molecule has 6 heteroatoms. The van der Waals surface area contributed by atoms with E-state index in [1.54, 1.807) is 0 Å². The van der Waals surface area contributed by atoms with Crippen molar-refractivity contribution in [3.8, 4) is 5.75 Å². The molecule has 3 amide bonds. The summed E-state index contributed by atoms with van der Waals surface area (Å²) in [6.45, 7) is 1.41. The Bertz CT molecular complexity index is 748. The Labute approximate surface area is 146 Å². The van der Waals surface area contributed by atoms with Crippen LogP contribution in [0.1, 0.15) is 19.3 Å². The number of ether oxygens (including phenoxy) is 1. The van der Waals surface area contributed by atoms with Gasteiger partial charge in [-0.25, -0.2) is 4.79 Å². The fourth-order valence-corrected chi connectivity index (χ4v) is 2.88. The normalized spacial score (nSPS) is 17.4. The van der Waals surface area contributed by atoms with Crippen LogP contribution in [0.3, 0.4) is 0 Å². The van der Waals surface area contributed by atoms with Gasteiger partial charge in [0.1, 0.15) is 18.4 Å². The molecule has 1 atom stereocenters. The van der Waals surface area contributed by atoms with Gasteiger partial charge >= 0.3 is 6.03 Å². The minimum Gasteiger partial charge on any atom is -0.492 e. The molecular formula is C19H23N3O3. The third-order valence-electron chi connectivity index (χ3n) is 4.22. The van der Waals surface area contributed by atoms with Crippen LogP contribution in [0.25, 0.3) is 10.8 Å². The molecule has 1 aliphatic heterocycles. The number of carbonyl (C=O) groups excluding carboxylic acids is 2. The lowest BCUT2D eigenvalue weighted by Crippen LogP contribution is -2.49. The maximum Gasteiger partial charge on any atom is 0.315 e.